The van der Waals surface area contributed by atoms with Crippen molar-refractivity contribution in [3.63, 3.8) is 0 Å². The first kappa shape index (κ1) is 16.1. The lowest BCUT2D eigenvalue weighted by Crippen LogP contribution is -2.50. The van der Waals surface area contributed by atoms with Gasteiger partial charge in [0.25, 0.3) is 0 Å². The molecule has 118 valence electrons. The number of halogens is 3. The van der Waals surface area contributed by atoms with Crippen LogP contribution in [0.15, 0.2) is 0 Å². The molecular weight excluding hydrogens is 263 g/mol. The molecular formula is C16H28F3N. The van der Waals surface area contributed by atoms with Crippen molar-refractivity contribution in [2.75, 3.05) is 0 Å². The third-order valence-electron chi connectivity index (χ3n) is 5.27. The van der Waals surface area contributed by atoms with Crippen molar-refractivity contribution in [3.8, 4) is 0 Å². The van der Waals surface area contributed by atoms with Gasteiger partial charge >= 0.3 is 6.18 Å². The van der Waals surface area contributed by atoms with Crippen LogP contribution in [0, 0.1) is 11.8 Å². The summed E-state index contributed by atoms with van der Waals surface area (Å²) in [6, 6.07) is -0.136. The number of hydrogen-bond donors (Lipinski definition) is 1. The molecule has 0 radical (unpaired) electrons. The zero-order valence-electron chi connectivity index (χ0n) is 12.5. The zero-order chi connectivity index (χ0) is 14.6. The summed E-state index contributed by atoms with van der Waals surface area (Å²) in [5.41, 5.74) is 0. The van der Waals surface area contributed by atoms with Gasteiger partial charge < -0.3 is 5.32 Å². The lowest BCUT2D eigenvalue weighted by atomic mass is 9.82. The van der Waals surface area contributed by atoms with Gasteiger partial charge in [0.15, 0.2) is 0 Å². The van der Waals surface area contributed by atoms with Gasteiger partial charge in [-0.2, -0.15) is 13.2 Å². The largest absolute Gasteiger partial charge is 0.393 e. The monoisotopic (exact) mass is 291 g/mol. The lowest BCUT2D eigenvalue weighted by Gasteiger charge is -2.37. The molecule has 2 aliphatic rings. The first-order valence-corrected chi connectivity index (χ1v) is 8.31. The molecule has 2 fully saturated rings. The molecule has 0 saturated heterocycles. The Kier molecular flexibility index (Phi) is 5.76. The van der Waals surface area contributed by atoms with Crippen LogP contribution >= 0.6 is 0 Å². The Morgan fingerprint density at radius 1 is 0.850 bits per heavy atom. The average Bonchev–Trinajstić information content (AvgIpc) is 2.67. The average molecular weight is 291 g/mol. The summed E-state index contributed by atoms with van der Waals surface area (Å²) in [6.07, 6.45) is 6.02. The van der Waals surface area contributed by atoms with E-state index >= 15 is 0 Å². The van der Waals surface area contributed by atoms with Crippen molar-refractivity contribution in [1.82, 2.24) is 5.32 Å². The minimum atomic E-state index is -4.04. The highest BCUT2D eigenvalue weighted by Gasteiger charge is 2.45. The minimum absolute atomic E-state index is 0.223. The van der Waals surface area contributed by atoms with Crippen LogP contribution in [0.25, 0.3) is 0 Å². The van der Waals surface area contributed by atoms with Crippen LogP contribution in [-0.4, -0.2) is 18.3 Å². The van der Waals surface area contributed by atoms with Crippen molar-refractivity contribution < 1.29 is 13.2 Å². The molecule has 0 heterocycles. The molecule has 2 aliphatic carbocycles. The van der Waals surface area contributed by atoms with E-state index in [2.05, 4.69) is 12.2 Å². The number of rotatable bonds is 3. The fraction of sp³-hybridized carbons (Fsp3) is 1.00. The molecule has 0 aromatic rings. The molecule has 0 bridgehead atoms. The van der Waals surface area contributed by atoms with Crippen molar-refractivity contribution in [3.05, 3.63) is 0 Å². The Morgan fingerprint density at radius 2 is 1.40 bits per heavy atom. The van der Waals surface area contributed by atoms with Crippen molar-refractivity contribution >= 4 is 0 Å². The van der Waals surface area contributed by atoms with E-state index in [0.717, 1.165) is 12.8 Å². The zero-order valence-corrected chi connectivity index (χ0v) is 12.5. The van der Waals surface area contributed by atoms with Crippen LogP contribution in [0.5, 0.6) is 0 Å². The van der Waals surface area contributed by atoms with E-state index < -0.39 is 12.1 Å². The molecule has 2 unspecified atom stereocenters. The molecule has 2 rings (SSSR count). The van der Waals surface area contributed by atoms with Gasteiger partial charge in [-0.25, -0.2) is 0 Å². The molecule has 0 aromatic heterocycles. The highest BCUT2D eigenvalue weighted by atomic mass is 19.4. The van der Waals surface area contributed by atoms with Crippen molar-refractivity contribution in [2.45, 2.75) is 89.4 Å². The Labute approximate surface area is 120 Å². The maximum Gasteiger partial charge on any atom is 0.393 e. The summed E-state index contributed by atoms with van der Waals surface area (Å²) in [7, 11) is 0. The summed E-state index contributed by atoms with van der Waals surface area (Å²) >= 11 is 0. The van der Waals surface area contributed by atoms with Gasteiger partial charge in [0, 0.05) is 12.1 Å². The Bertz CT molecular complexity index is 282. The molecule has 20 heavy (non-hydrogen) atoms. The first-order valence-electron chi connectivity index (χ1n) is 8.31. The highest BCUT2D eigenvalue weighted by Crippen LogP contribution is 2.38. The summed E-state index contributed by atoms with van der Waals surface area (Å²) in [6.45, 7) is 2.10. The molecule has 1 N–H and O–H groups in total. The predicted octanol–water partition coefficient (Wildman–Crippen LogP) is 5.06. The smallest absolute Gasteiger partial charge is 0.311 e. The van der Waals surface area contributed by atoms with Crippen LogP contribution < -0.4 is 5.32 Å². The van der Waals surface area contributed by atoms with E-state index in [0.29, 0.717) is 18.8 Å². The van der Waals surface area contributed by atoms with Gasteiger partial charge in [-0.1, -0.05) is 38.5 Å². The molecule has 3 atom stereocenters. The Morgan fingerprint density at radius 3 is 2.00 bits per heavy atom. The third-order valence-corrected chi connectivity index (χ3v) is 5.27. The molecule has 4 heteroatoms. The standard InChI is InChI=1S/C16H28F3N/c1-12(13-8-4-2-3-5-9-13)20-15-11-7-6-10-14(15)16(17,18)19/h12-15,20H,2-11H2,1H3/t12-,14?,15?/m1/s1. The molecule has 2 saturated carbocycles. The normalized spacial score (nSPS) is 31.8. The van der Waals surface area contributed by atoms with Crippen molar-refractivity contribution in [1.29, 1.82) is 0 Å². The summed E-state index contributed by atoms with van der Waals surface area (Å²) < 4.78 is 39.3. The number of hydrogen-bond acceptors (Lipinski definition) is 1. The van der Waals surface area contributed by atoms with Gasteiger partial charge in [-0.3, -0.25) is 0 Å². The Hall–Kier alpha value is -0.250. The first-order chi connectivity index (χ1) is 9.48. The van der Waals surface area contributed by atoms with E-state index in [1.807, 2.05) is 0 Å². The predicted molar refractivity (Wildman–Crippen MR) is 75.6 cm³/mol. The second-order valence-corrected chi connectivity index (χ2v) is 6.75. The summed E-state index contributed by atoms with van der Waals surface area (Å²) in [4.78, 5) is 0. The van der Waals surface area contributed by atoms with E-state index in [4.69, 9.17) is 0 Å². The highest BCUT2D eigenvalue weighted by molar-refractivity contribution is 4.88. The second-order valence-electron chi connectivity index (χ2n) is 6.75. The molecule has 1 nitrogen and oxygen atoms in total. The molecule has 0 spiro atoms. The minimum Gasteiger partial charge on any atom is -0.311 e. The number of nitrogens with one attached hydrogen (secondary N) is 1. The molecule has 0 aliphatic heterocycles. The Balaban J connectivity index is 1.92. The van der Waals surface area contributed by atoms with Gasteiger partial charge in [-0.15, -0.1) is 0 Å². The quantitative estimate of drug-likeness (QED) is 0.717. The summed E-state index contributed by atoms with van der Waals surface area (Å²) in [5.74, 6) is -0.571. The van der Waals surface area contributed by atoms with Gasteiger partial charge in [0.1, 0.15) is 0 Å². The van der Waals surface area contributed by atoms with Crippen LogP contribution in [-0.2, 0) is 0 Å². The lowest BCUT2D eigenvalue weighted by molar-refractivity contribution is -0.189. The maximum atomic E-state index is 13.1. The fourth-order valence-corrected chi connectivity index (χ4v) is 4.01. The molecule has 0 amide bonds. The molecule has 0 aromatic carbocycles. The van der Waals surface area contributed by atoms with E-state index in [1.54, 1.807) is 0 Å². The third kappa shape index (κ3) is 4.37. The van der Waals surface area contributed by atoms with Gasteiger partial charge in [-0.05, 0) is 38.5 Å². The van der Waals surface area contributed by atoms with E-state index in [-0.39, 0.29) is 12.1 Å². The van der Waals surface area contributed by atoms with E-state index in [1.165, 1.54) is 38.5 Å². The van der Waals surface area contributed by atoms with Crippen LogP contribution in [0.3, 0.4) is 0 Å². The van der Waals surface area contributed by atoms with Crippen LogP contribution in [0.2, 0.25) is 0 Å². The van der Waals surface area contributed by atoms with Gasteiger partial charge in [0.2, 0.25) is 0 Å². The number of alkyl halides is 3. The second kappa shape index (κ2) is 7.15. The van der Waals surface area contributed by atoms with Gasteiger partial charge in [0.05, 0.1) is 5.92 Å². The van der Waals surface area contributed by atoms with Crippen LogP contribution in [0.1, 0.15) is 71.1 Å². The van der Waals surface area contributed by atoms with Crippen molar-refractivity contribution in [2.24, 2.45) is 11.8 Å². The topological polar surface area (TPSA) is 12.0 Å². The van der Waals surface area contributed by atoms with E-state index in [9.17, 15) is 13.2 Å². The van der Waals surface area contributed by atoms with Crippen LogP contribution in [0.4, 0.5) is 13.2 Å². The summed E-state index contributed by atoms with van der Waals surface area (Å²) in [5, 5.41) is 3.35. The fourth-order valence-electron chi connectivity index (χ4n) is 4.01. The maximum absolute atomic E-state index is 13.1. The SMILES string of the molecule is C[C@@H](NC1CCCCC1C(F)(F)F)C1CCCCCC1.